The second kappa shape index (κ2) is 11.8. The summed E-state index contributed by atoms with van der Waals surface area (Å²) in [6, 6.07) is 0. The number of ketones is 4. The maximum atomic E-state index is 12.1. The molecule has 0 spiro atoms. The molecule has 0 saturated carbocycles. The zero-order valence-corrected chi connectivity index (χ0v) is 16.9. The van der Waals surface area contributed by atoms with Crippen molar-refractivity contribution < 1.29 is 58.8 Å². The van der Waals surface area contributed by atoms with Crippen LogP contribution in [0.3, 0.4) is 0 Å². The van der Waals surface area contributed by atoms with Crippen molar-refractivity contribution in [2.24, 2.45) is 11.5 Å². The largest absolute Gasteiger partial charge is 0.481 e. The Balaban J connectivity index is 6.33. The monoisotopic (exact) mass is 460 g/mol. The van der Waals surface area contributed by atoms with Crippen LogP contribution < -0.4 is 11.5 Å². The first-order chi connectivity index (χ1) is 14.5. The molecule has 178 valence electrons. The highest BCUT2D eigenvalue weighted by atomic mass is 16.4. The molecule has 0 bridgehead atoms. The molecular weight excluding hydrogens is 436 g/mol. The predicted molar refractivity (Wildman–Crippen MR) is 101 cm³/mol. The number of carboxylic acids is 4. The smallest absolute Gasteiger partial charge is 0.310 e. The summed E-state index contributed by atoms with van der Waals surface area (Å²) in [5, 5.41) is 35.2. The van der Waals surface area contributed by atoms with E-state index < -0.39 is 109 Å². The summed E-state index contributed by atoms with van der Waals surface area (Å²) in [5.74, 6) is -10.6. The van der Waals surface area contributed by atoms with Crippen molar-refractivity contribution in [3.8, 4) is 0 Å². The molecule has 14 nitrogen and oxygen atoms in total. The maximum Gasteiger partial charge on any atom is 0.310 e. The van der Waals surface area contributed by atoms with Gasteiger partial charge in [0.15, 0.2) is 0 Å². The fourth-order valence-electron chi connectivity index (χ4n) is 3.16. The molecule has 0 aliphatic rings. The predicted octanol–water partition coefficient (Wildman–Crippen LogP) is -1.88. The average Bonchev–Trinajstić information content (AvgIpc) is 2.49. The van der Waals surface area contributed by atoms with Gasteiger partial charge >= 0.3 is 23.9 Å². The fraction of sp³-hybridized carbons (Fsp3) is 0.556. The molecule has 32 heavy (non-hydrogen) atoms. The standard InChI is InChI=1S/C18H24N2O12/c19-17(5-9(21)1-13(25)26,6-10(22)2-14(27)28)18(20,7-11(23)3-15(29)30)8-12(24)4-16(31)32/h1-8,19-20H2,(H,25,26)(H,27,28)(H,29,30)(H,31,32). The number of rotatable bonds is 17. The highest BCUT2D eigenvalue weighted by Gasteiger charge is 2.50. The SMILES string of the molecule is NC(CC(=O)CC(=O)O)(CC(=O)CC(=O)O)C(N)(CC(=O)CC(=O)O)CC(=O)CC(=O)O. The first-order valence-corrected chi connectivity index (χ1v) is 9.01. The summed E-state index contributed by atoms with van der Waals surface area (Å²) in [6.07, 6.45) is -8.24. The molecular formula is C18H24N2O12. The molecule has 0 rings (SSSR count). The van der Waals surface area contributed by atoms with Gasteiger partial charge < -0.3 is 31.9 Å². The molecule has 8 N–H and O–H groups in total. The normalized spacial score (nSPS) is 11.4. The second-order valence-corrected chi connectivity index (χ2v) is 7.46. The van der Waals surface area contributed by atoms with Gasteiger partial charge in [-0.25, -0.2) is 0 Å². The van der Waals surface area contributed by atoms with Crippen LogP contribution in [-0.2, 0) is 38.4 Å². The van der Waals surface area contributed by atoms with Crippen molar-refractivity contribution in [1.82, 2.24) is 0 Å². The Morgan fingerprint density at radius 2 is 0.594 bits per heavy atom. The lowest BCUT2D eigenvalue weighted by Gasteiger charge is -2.45. The highest BCUT2D eigenvalue weighted by Crippen LogP contribution is 2.34. The Kier molecular flexibility index (Phi) is 10.5. The first-order valence-electron chi connectivity index (χ1n) is 9.01. The summed E-state index contributed by atoms with van der Waals surface area (Å²) in [5.41, 5.74) is 7.54. The van der Waals surface area contributed by atoms with Crippen molar-refractivity contribution in [2.45, 2.75) is 62.4 Å². The molecule has 0 aromatic carbocycles. The van der Waals surface area contributed by atoms with Crippen LogP contribution >= 0.6 is 0 Å². The highest BCUT2D eigenvalue weighted by molar-refractivity contribution is 6.00. The molecule has 0 aromatic rings. The van der Waals surface area contributed by atoms with E-state index in [9.17, 15) is 38.4 Å². The zero-order valence-electron chi connectivity index (χ0n) is 16.9. The molecule has 0 fully saturated rings. The number of hydrogen-bond donors (Lipinski definition) is 6. The summed E-state index contributed by atoms with van der Waals surface area (Å²) in [7, 11) is 0. The summed E-state index contributed by atoms with van der Waals surface area (Å²) >= 11 is 0. The second-order valence-electron chi connectivity index (χ2n) is 7.46. The molecule has 0 heterocycles. The van der Waals surface area contributed by atoms with Crippen molar-refractivity contribution in [2.75, 3.05) is 0 Å². The Morgan fingerprint density at radius 3 is 0.719 bits per heavy atom. The van der Waals surface area contributed by atoms with Gasteiger partial charge in [-0.1, -0.05) is 0 Å². The van der Waals surface area contributed by atoms with Gasteiger partial charge in [-0.05, 0) is 0 Å². The summed E-state index contributed by atoms with van der Waals surface area (Å²) < 4.78 is 0. The molecule has 0 unspecified atom stereocenters. The number of carbonyl (C=O) groups is 8. The van der Waals surface area contributed by atoms with Crippen LogP contribution in [0.15, 0.2) is 0 Å². The van der Waals surface area contributed by atoms with Gasteiger partial charge in [0.1, 0.15) is 48.8 Å². The molecule has 0 aromatic heterocycles. The maximum absolute atomic E-state index is 12.1. The minimum Gasteiger partial charge on any atom is -0.481 e. The van der Waals surface area contributed by atoms with Crippen LogP contribution in [0.25, 0.3) is 0 Å². The van der Waals surface area contributed by atoms with E-state index in [1.165, 1.54) is 0 Å². The molecule has 0 amide bonds. The zero-order chi connectivity index (χ0) is 25.3. The topological polar surface area (TPSA) is 270 Å². The molecule has 14 heteroatoms. The number of aliphatic carboxylic acids is 4. The Bertz CT molecular complexity index is 704. The van der Waals surface area contributed by atoms with Crippen LogP contribution in [0.4, 0.5) is 0 Å². The quantitative estimate of drug-likeness (QED) is 0.130. The van der Waals surface area contributed by atoms with Gasteiger partial charge in [0.2, 0.25) is 0 Å². The van der Waals surface area contributed by atoms with E-state index in [-0.39, 0.29) is 0 Å². The van der Waals surface area contributed by atoms with E-state index >= 15 is 0 Å². The van der Waals surface area contributed by atoms with E-state index in [0.29, 0.717) is 0 Å². The molecule has 0 saturated heterocycles. The third kappa shape index (κ3) is 9.99. The molecule has 0 aliphatic heterocycles. The lowest BCUT2D eigenvalue weighted by Crippen LogP contribution is -2.69. The number of carboxylic acid groups (broad SMARTS) is 4. The first kappa shape index (κ1) is 28.5. The number of carbonyl (C=O) groups excluding carboxylic acids is 4. The Labute approximate surface area is 180 Å². The van der Waals surface area contributed by atoms with Crippen LogP contribution in [0, 0.1) is 0 Å². The lowest BCUT2D eigenvalue weighted by atomic mass is 9.66. The molecule has 0 radical (unpaired) electrons. The van der Waals surface area contributed by atoms with E-state index in [1.54, 1.807) is 0 Å². The van der Waals surface area contributed by atoms with Crippen molar-refractivity contribution in [1.29, 1.82) is 0 Å². The van der Waals surface area contributed by atoms with Gasteiger partial charge in [0, 0.05) is 36.8 Å². The van der Waals surface area contributed by atoms with Crippen molar-refractivity contribution in [3.63, 3.8) is 0 Å². The molecule has 0 aliphatic carbocycles. The third-order valence-electron chi connectivity index (χ3n) is 4.44. The van der Waals surface area contributed by atoms with Gasteiger partial charge in [-0.2, -0.15) is 0 Å². The Morgan fingerprint density at radius 1 is 0.438 bits per heavy atom. The van der Waals surface area contributed by atoms with Crippen molar-refractivity contribution in [3.05, 3.63) is 0 Å². The van der Waals surface area contributed by atoms with E-state index in [4.69, 9.17) is 31.9 Å². The Hall–Kier alpha value is -3.52. The fourth-order valence-corrected chi connectivity index (χ4v) is 3.16. The number of hydrogen-bond acceptors (Lipinski definition) is 10. The van der Waals surface area contributed by atoms with Crippen LogP contribution in [-0.4, -0.2) is 78.5 Å². The van der Waals surface area contributed by atoms with E-state index in [0.717, 1.165) is 0 Å². The summed E-state index contributed by atoms with van der Waals surface area (Å²) in [6.45, 7) is 0. The third-order valence-corrected chi connectivity index (χ3v) is 4.44. The van der Waals surface area contributed by atoms with Crippen LogP contribution in [0.2, 0.25) is 0 Å². The van der Waals surface area contributed by atoms with Gasteiger partial charge in [0.05, 0.1) is 0 Å². The van der Waals surface area contributed by atoms with Gasteiger partial charge in [-0.3, -0.25) is 38.4 Å². The number of Topliss-reactive ketones (excluding diaryl/α,β-unsaturated/α-hetero) is 4. The average molecular weight is 460 g/mol. The van der Waals surface area contributed by atoms with E-state index in [1.807, 2.05) is 0 Å². The van der Waals surface area contributed by atoms with Crippen LogP contribution in [0.1, 0.15) is 51.4 Å². The number of nitrogens with two attached hydrogens (primary N) is 2. The molecule has 0 atom stereocenters. The summed E-state index contributed by atoms with van der Waals surface area (Å²) in [4.78, 5) is 91.9. The van der Waals surface area contributed by atoms with Crippen molar-refractivity contribution >= 4 is 47.0 Å². The lowest BCUT2D eigenvalue weighted by molar-refractivity contribution is -0.145. The van der Waals surface area contributed by atoms with Gasteiger partial charge in [0.25, 0.3) is 0 Å². The van der Waals surface area contributed by atoms with Gasteiger partial charge in [-0.15, -0.1) is 0 Å². The minimum atomic E-state index is -2.37. The van der Waals surface area contributed by atoms with Crippen LogP contribution in [0.5, 0.6) is 0 Å². The van der Waals surface area contributed by atoms with E-state index in [2.05, 4.69) is 0 Å². The minimum absolute atomic E-state index is 0.984.